The number of sulfonamides is 1. The predicted octanol–water partition coefficient (Wildman–Crippen LogP) is 4.80. The zero-order valence-corrected chi connectivity index (χ0v) is 19.8. The SMILES string of the molecule is Cc1cc(C)cc(N(Cc2ccc(C(=O)NC[C@H](C)c3ccccc3)cc2)S(C)(=O)=O)c1. The summed E-state index contributed by atoms with van der Waals surface area (Å²) in [5.41, 5.74) is 5.18. The highest BCUT2D eigenvalue weighted by Crippen LogP contribution is 2.24. The Morgan fingerprint density at radius 3 is 2.09 bits per heavy atom. The van der Waals surface area contributed by atoms with Crippen molar-refractivity contribution in [1.82, 2.24) is 5.32 Å². The minimum atomic E-state index is -3.47. The summed E-state index contributed by atoms with van der Waals surface area (Å²) in [7, 11) is -3.47. The number of nitrogens with one attached hydrogen (secondary N) is 1. The first-order valence-electron chi connectivity index (χ1n) is 10.6. The molecule has 1 amide bonds. The third-order valence-electron chi connectivity index (χ3n) is 5.37. The van der Waals surface area contributed by atoms with E-state index in [1.54, 1.807) is 24.3 Å². The maximum Gasteiger partial charge on any atom is 0.251 e. The van der Waals surface area contributed by atoms with Crippen molar-refractivity contribution >= 4 is 21.6 Å². The van der Waals surface area contributed by atoms with Gasteiger partial charge in [0.15, 0.2) is 0 Å². The van der Waals surface area contributed by atoms with Crippen molar-refractivity contribution < 1.29 is 13.2 Å². The first-order valence-corrected chi connectivity index (χ1v) is 12.5. The summed E-state index contributed by atoms with van der Waals surface area (Å²) in [6.07, 6.45) is 1.21. The molecule has 0 heterocycles. The molecule has 0 saturated carbocycles. The van der Waals surface area contributed by atoms with Crippen LogP contribution >= 0.6 is 0 Å². The molecule has 32 heavy (non-hydrogen) atoms. The summed E-state index contributed by atoms with van der Waals surface area (Å²) in [5, 5.41) is 2.97. The van der Waals surface area contributed by atoms with E-state index in [9.17, 15) is 13.2 Å². The summed E-state index contributed by atoms with van der Waals surface area (Å²) in [5.74, 6) is 0.0640. The van der Waals surface area contributed by atoms with Crippen molar-refractivity contribution in [2.24, 2.45) is 0 Å². The number of aryl methyl sites for hydroxylation is 2. The van der Waals surface area contributed by atoms with Crippen LogP contribution in [0.15, 0.2) is 72.8 Å². The van der Waals surface area contributed by atoms with Gasteiger partial charge in [0.2, 0.25) is 10.0 Å². The van der Waals surface area contributed by atoms with Gasteiger partial charge in [0, 0.05) is 12.1 Å². The lowest BCUT2D eigenvalue weighted by Gasteiger charge is -2.23. The van der Waals surface area contributed by atoms with Crippen molar-refractivity contribution in [1.29, 1.82) is 0 Å². The molecule has 0 fully saturated rings. The van der Waals surface area contributed by atoms with Gasteiger partial charge in [0.05, 0.1) is 18.5 Å². The monoisotopic (exact) mass is 450 g/mol. The fourth-order valence-corrected chi connectivity index (χ4v) is 4.54. The zero-order chi connectivity index (χ0) is 23.3. The van der Waals surface area contributed by atoms with Crippen LogP contribution in [0.5, 0.6) is 0 Å². The number of amides is 1. The number of nitrogens with zero attached hydrogens (tertiary/aromatic N) is 1. The van der Waals surface area contributed by atoms with Gasteiger partial charge < -0.3 is 5.32 Å². The lowest BCUT2D eigenvalue weighted by molar-refractivity contribution is 0.0951. The van der Waals surface area contributed by atoms with Crippen LogP contribution in [0.4, 0.5) is 5.69 Å². The van der Waals surface area contributed by atoms with Crippen LogP contribution in [0.1, 0.15) is 45.5 Å². The Morgan fingerprint density at radius 1 is 0.938 bits per heavy atom. The maximum absolute atomic E-state index is 12.6. The van der Waals surface area contributed by atoms with Crippen LogP contribution in [-0.4, -0.2) is 27.1 Å². The van der Waals surface area contributed by atoms with Crippen molar-refractivity contribution in [2.75, 3.05) is 17.1 Å². The Hall–Kier alpha value is -3.12. The molecule has 0 radical (unpaired) electrons. The van der Waals surface area contributed by atoms with E-state index >= 15 is 0 Å². The van der Waals surface area contributed by atoms with Crippen molar-refractivity contribution in [3.8, 4) is 0 Å². The second-order valence-corrected chi connectivity index (χ2v) is 10.2. The van der Waals surface area contributed by atoms with Crippen LogP contribution < -0.4 is 9.62 Å². The molecular formula is C26H30N2O3S. The van der Waals surface area contributed by atoms with E-state index in [4.69, 9.17) is 0 Å². The first kappa shape index (κ1) is 23.5. The minimum Gasteiger partial charge on any atom is -0.351 e. The van der Waals surface area contributed by atoms with Crippen LogP contribution in [-0.2, 0) is 16.6 Å². The fourth-order valence-electron chi connectivity index (χ4n) is 3.67. The molecule has 0 aliphatic carbocycles. The van der Waals surface area contributed by atoms with Gasteiger partial charge in [-0.3, -0.25) is 9.10 Å². The number of carbonyl (C=O) groups is 1. The Balaban J connectivity index is 1.69. The summed E-state index contributed by atoms with van der Waals surface area (Å²) >= 11 is 0. The molecule has 0 aliphatic heterocycles. The average molecular weight is 451 g/mol. The largest absolute Gasteiger partial charge is 0.351 e. The molecule has 0 saturated heterocycles. The molecule has 0 spiro atoms. The molecule has 168 valence electrons. The molecule has 3 rings (SSSR count). The smallest absolute Gasteiger partial charge is 0.251 e. The number of carbonyl (C=O) groups excluding carboxylic acids is 1. The van der Waals surface area contributed by atoms with E-state index in [1.165, 1.54) is 16.1 Å². The number of rotatable bonds is 8. The van der Waals surface area contributed by atoms with Gasteiger partial charge in [-0.25, -0.2) is 8.42 Å². The van der Waals surface area contributed by atoms with Crippen molar-refractivity contribution in [3.05, 3.63) is 101 Å². The molecule has 0 bridgehead atoms. The Morgan fingerprint density at radius 2 is 1.53 bits per heavy atom. The van der Waals surface area contributed by atoms with Gasteiger partial charge in [-0.2, -0.15) is 0 Å². The highest BCUT2D eigenvalue weighted by atomic mass is 32.2. The van der Waals surface area contributed by atoms with Gasteiger partial charge in [0.1, 0.15) is 0 Å². The van der Waals surface area contributed by atoms with E-state index < -0.39 is 10.0 Å². The predicted molar refractivity (Wildman–Crippen MR) is 131 cm³/mol. The van der Waals surface area contributed by atoms with E-state index in [1.807, 2.05) is 50.2 Å². The number of hydrogen-bond donors (Lipinski definition) is 1. The van der Waals surface area contributed by atoms with E-state index in [-0.39, 0.29) is 18.4 Å². The first-order chi connectivity index (χ1) is 15.1. The van der Waals surface area contributed by atoms with Crippen molar-refractivity contribution in [2.45, 2.75) is 33.2 Å². The van der Waals surface area contributed by atoms with Crippen LogP contribution in [0, 0.1) is 13.8 Å². The quantitative estimate of drug-likeness (QED) is 0.536. The second kappa shape index (κ2) is 10.0. The number of anilines is 1. The molecule has 3 aromatic carbocycles. The molecule has 0 unspecified atom stereocenters. The van der Waals surface area contributed by atoms with Gasteiger partial charge >= 0.3 is 0 Å². The Kier molecular flexibility index (Phi) is 7.36. The molecule has 1 N–H and O–H groups in total. The third-order valence-corrected chi connectivity index (χ3v) is 6.52. The lowest BCUT2D eigenvalue weighted by Crippen LogP contribution is -2.29. The number of hydrogen-bond acceptors (Lipinski definition) is 3. The van der Waals surface area contributed by atoms with E-state index in [0.717, 1.165) is 16.7 Å². The molecule has 1 atom stereocenters. The van der Waals surface area contributed by atoms with Crippen LogP contribution in [0.2, 0.25) is 0 Å². The summed E-state index contributed by atoms with van der Waals surface area (Å²) in [6.45, 7) is 6.71. The minimum absolute atomic E-state index is 0.145. The summed E-state index contributed by atoms with van der Waals surface area (Å²) in [6, 6.07) is 22.9. The highest BCUT2D eigenvalue weighted by Gasteiger charge is 2.19. The molecule has 0 aromatic heterocycles. The molecule has 6 heteroatoms. The Bertz CT molecular complexity index is 1150. The molecule has 0 aliphatic rings. The topological polar surface area (TPSA) is 66.5 Å². The molecule has 3 aromatic rings. The lowest BCUT2D eigenvalue weighted by atomic mass is 10.0. The standard InChI is InChI=1S/C26H30N2O3S/c1-19-14-20(2)16-25(15-19)28(32(4,30)31)18-22-10-12-24(13-11-22)26(29)27-17-21(3)23-8-6-5-7-9-23/h5-16,21H,17-18H2,1-4H3,(H,27,29)/t21-/m0/s1. The fraction of sp³-hybridized carbons (Fsp3) is 0.269. The van der Waals surface area contributed by atoms with Crippen LogP contribution in [0.3, 0.4) is 0 Å². The highest BCUT2D eigenvalue weighted by molar-refractivity contribution is 7.92. The summed E-state index contributed by atoms with van der Waals surface area (Å²) in [4.78, 5) is 12.6. The summed E-state index contributed by atoms with van der Waals surface area (Å²) < 4.78 is 26.3. The normalized spacial score (nSPS) is 12.2. The van der Waals surface area contributed by atoms with E-state index in [0.29, 0.717) is 17.8 Å². The van der Waals surface area contributed by atoms with Crippen molar-refractivity contribution in [3.63, 3.8) is 0 Å². The van der Waals surface area contributed by atoms with Gasteiger partial charge in [0.25, 0.3) is 5.91 Å². The average Bonchev–Trinajstić information content (AvgIpc) is 2.75. The third kappa shape index (κ3) is 6.20. The number of benzene rings is 3. The zero-order valence-electron chi connectivity index (χ0n) is 19.0. The van der Waals surface area contributed by atoms with E-state index in [2.05, 4.69) is 24.4 Å². The molecular weight excluding hydrogens is 420 g/mol. The van der Waals surface area contributed by atoms with Crippen LogP contribution in [0.25, 0.3) is 0 Å². The maximum atomic E-state index is 12.6. The second-order valence-electron chi connectivity index (χ2n) is 8.33. The van der Waals surface area contributed by atoms with Gasteiger partial charge in [-0.15, -0.1) is 0 Å². The Labute approximate surface area is 191 Å². The van der Waals surface area contributed by atoms with Gasteiger partial charge in [-0.05, 0) is 66.3 Å². The molecule has 5 nitrogen and oxygen atoms in total. The van der Waals surface area contributed by atoms with Gasteiger partial charge in [-0.1, -0.05) is 55.5 Å².